The lowest BCUT2D eigenvalue weighted by molar-refractivity contribution is -0.105. The SMILES string of the molecule is CC.CCCCCOc1ccc(CCNC)c(NC=O)n1. The number of carbonyl (C=O) groups is 1. The Morgan fingerprint density at radius 2 is 2.05 bits per heavy atom. The number of likely N-dealkylation sites (N-methyl/N-ethyl adjacent to an activating group) is 1. The second kappa shape index (κ2) is 13.4. The molecule has 0 bridgehead atoms. The van der Waals surface area contributed by atoms with Crippen LogP contribution in [0.25, 0.3) is 0 Å². The quantitative estimate of drug-likeness (QED) is 0.514. The van der Waals surface area contributed by atoms with Gasteiger partial charge in [0.05, 0.1) is 6.61 Å². The maximum atomic E-state index is 10.6. The molecule has 0 unspecified atom stereocenters. The number of amides is 1. The van der Waals surface area contributed by atoms with E-state index >= 15 is 0 Å². The van der Waals surface area contributed by atoms with Crippen molar-refractivity contribution in [1.82, 2.24) is 10.3 Å². The Kier molecular flexibility index (Phi) is 12.3. The minimum atomic E-state index is 0.564. The van der Waals surface area contributed by atoms with Crippen molar-refractivity contribution in [1.29, 1.82) is 0 Å². The first kappa shape index (κ1) is 19.4. The van der Waals surface area contributed by atoms with Gasteiger partial charge in [-0.25, -0.2) is 0 Å². The van der Waals surface area contributed by atoms with E-state index in [-0.39, 0.29) is 0 Å². The van der Waals surface area contributed by atoms with Crippen molar-refractivity contribution in [3.63, 3.8) is 0 Å². The van der Waals surface area contributed by atoms with E-state index in [1.807, 2.05) is 33.0 Å². The van der Waals surface area contributed by atoms with Gasteiger partial charge in [-0.3, -0.25) is 4.79 Å². The molecule has 1 rings (SSSR count). The average molecular weight is 295 g/mol. The highest BCUT2D eigenvalue weighted by Crippen LogP contribution is 2.18. The third kappa shape index (κ3) is 8.30. The lowest BCUT2D eigenvalue weighted by Crippen LogP contribution is -2.12. The first-order valence-corrected chi connectivity index (χ1v) is 7.79. The topological polar surface area (TPSA) is 63.2 Å². The Bertz CT molecular complexity index is 384. The van der Waals surface area contributed by atoms with Gasteiger partial charge in [-0.1, -0.05) is 33.6 Å². The zero-order valence-corrected chi connectivity index (χ0v) is 13.7. The Labute approximate surface area is 128 Å². The van der Waals surface area contributed by atoms with Crippen molar-refractivity contribution in [3.05, 3.63) is 17.7 Å². The standard InChI is InChI=1S/C14H23N3O2.C2H6/c1-3-4-5-10-19-13-7-6-12(8-9-15-2)14(17-13)16-11-18;1-2/h6-7,11,15H,3-5,8-10H2,1-2H3,(H,16,17,18);1-2H3. The number of carbonyl (C=O) groups excluding carboxylic acids is 1. The highest BCUT2D eigenvalue weighted by atomic mass is 16.5. The summed E-state index contributed by atoms with van der Waals surface area (Å²) in [5.41, 5.74) is 1.00. The second-order valence-corrected chi connectivity index (χ2v) is 4.33. The number of rotatable bonds is 10. The van der Waals surface area contributed by atoms with E-state index < -0.39 is 0 Å². The van der Waals surface area contributed by atoms with Gasteiger partial charge in [0.15, 0.2) is 0 Å². The first-order valence-electron chi connectivity index (χ1n) is 7.79. The third-order valence-electron chi connectivity index (χ3n) is 2.79. The molecule has 0 fully saturated rings. The monoisotopic (exact) mass is 295 g/mol. The Morgan fingerprint density at radius 1 is 1.29 bits per heavy atom. The lowest BCUT2D eigenvalue weighted by Gasteiger charge is -2.10. The van der Waals surface area contributed by atoms with E-state index in [9.17, 15) is 4.79 Å². The highest BCUT2D eigenvalue weighted by molar-refractivity contribution is 5.71. The van der Waals surface area contributed by atoms with Gasteiger partial charge in [0, 0.05) is 6.07 Å². The summed E-state index contributed by atoms with van der Waals surface area (Å²) in [7, 11) is 1.89. The number of nitrogens with one attached hydrogen (secondary N) is 2. The van der Waals surface area contributed by atoms with Crippen LogP contribution >= 0.6 is 0 Å². The zero-order valence-electron chi connectivity index (χ0n) is 13.7. The van der Waals surface area contributed by atoms with Crippen molar-refractivity contribution in [2.75, 3.05) is 25.5 Å². The number of unbranched alkanes of at least 4 members (excludes halogenated alkanes) is 2. The number of nitrogens with zero attached hydrogens (tertiary/aromatic N) is 1. The van der Waals surface area contributed by atoms with Gasteiger partial charge in [0.25, 0.3) is 0 Å². The molecule has 0 saturated carbocycles. The predicted octanol–water partition coefficient (Wildman–Crippen LogP) is 3.01. The zero-order chi connectivity index (χ0) is 15.9. The molecule has 2 N–H and O–H groups in total. The van der Waals surface area contributed by atoms with Crippen molar-refractivity contribution >= 4 is 12.2 Å². The molecule has 0 aliphatic rings. The number of aromatic nitrogens is 1. The lowest BCUT2D eigenvalue weighted by atomic mass is 10.2. The largest absolute Gasteiger partial charge is 0.478 e. The molecule has 5 nitrogen and oxygen atoms in total. The van der Waals surface area contributed by atoms with Crippen LogP contribution in [0.15, 0.2) is 12.1 Å². The van der Waals surface area contributed by atoms with Gasteiger partial charge >= 0.3 is 0 Å². The number of anilines is 1. The molecule has 0 saturated heterocycles. The summed E-state index contributed by atoms with van der Waals surface area (Å²) in [6, 6.07) is 3.80. The number of hydrogen-bond donors (Lipinski definition) is 2. The molecule has 1 aromatic heterocycles. The van der Waals surface area contributed by atoms with Gasteiger partial charge in [-0.05, 0) is 38.1 Å². The van der Waals surface area contributed by atoms with Crippen LogP contribution in [0.3, 0.4) is 0 Å². The van der Waals surface area contributed by atoms with E-state index in [1.54, 1.807) is 0 Å². The highest BCUT2D eigenvalue weighted by Gasteiger charge is 2.06. The summed E-state index contributed by atoms with van der Waals surface area (Å²) in [6.45, 7) is 7.66. The smallest absolute Gasteiger partial charge is 0.215 e. The molecular formula is C16H29N3O2. The van der Waals surface area contributed by atoms with Crippen LogP contribution in [0, 0.1) is 0 Å². The summed E-state index contributed by atoms with van der Waals surface area (Å²) < 4.78 is 5.57. The van der Waals surface area contributed by atoms with Crippen LogP contribution in [-0.2, 0) is 11.2 Å². The Balaban J connectivity index is 0.00000191. The average Bonchev–Trinajstić information content (AvgIpc) is 2.53. The molecule has 5 heteroatoms. The van der Waals surface area contributed by atoms with Crippen LogP contribution in [-0.4, -0.2) is 31.6 Å². The molecule has 0 aromatic carbocycles. The summed E-state index contributed by atoms with van der Waals surface area (Å²) in [4.78, 5) is 14.9. The molecule has 1 amide bonds. The van der Waals surface area contributed by atoms with E-state index in [0.717, 1.165) is 37.8 Å². The molecule has 0 atom stereocenters. The van der Waals surface area contributed by atoms with Crippen LogP contribution < -0.4 is 15.4 Å². The van der Waals surface area contributed by atoms with Gasteiger partial charge in [-0.15, -0.1) is 0 Å². The van der Waals surface area contributed by atoms with E-state index in [1.165, 1.54) is 0 Å². The van der Waals surface area contributed by atoms with Crippen LogP contribution in [0.4, 0.5) is 5.82 Å². The van der Waals surface area contributed by atoms with Crippen molar-refractivity contribution in [2.45, 2.75) is 46.5 Å². The summed E-state index contributed by atoms with van der Waals surface area (Å²) in [6.07, 6.45) is 4.80. The summed E-state index contributed by atoms with van der Waals surface area (Å²) in [5, 5.41) is 5.70. The number of pyridine rings is 1. The fourth-order valence-corrected chi connectivity index (χ4v) is 1.72. The molecule has 21 heavy (non-hydrogen) atoms. The van der Waals surface area contributed by atoms with Crippen LogP contribution in [0.2, 0.25) is 0 Å². The third-order valence-corrected chi connectivity index (χ3v) is 2.79. The van der Waals surface area contributed by atoms with Crippen LogP contribution in [0.5, 0.6) is 5.88 Å². The van der Waals surface area contributed by atoms with Gasteiger partial charge in [-0.2, -0.15) is 4.98 Å². The Morgan fingerprint density at radius 3 is 2.67 bits per heavy atom. The van der Waals surface area contributed by atoms with Crippen molar-refractivity contribution < 1.29 is 9.53 Å². The minimum Gasteiger partial charge on any atom is -0.478 e. The maximum absolute atomic E-state index is 10.6. The fraction of sp³-hybridized carbons (Fsp3) is 0.625. The van der Waals surface area contributed by atoms with Gasteiger partial charge in [0.2, 0.25) is 12.3 Å². The minimum absolute atomic E-state index is 0.564. The molecule has 120 valence electrons. The summed E-state index contributed by atoms with van der Waals surface area (Å²) >= 11 is 0. The maximum Gasteiger partial charge on any atom is 0.215 e. The number of hydrogen-bond acceptors (Lipinski definition) is 4. The summed E-state index contributed by atoms with van der Waals surface area (Å²) in [5.74, 6) is 1.15. The van der Waals surface area contributed by atoms with Crippen molar-refractivity contribution in [2.24, 2.45) is 0 Å². The molecule has 1 aromatic rings. The normalized spacial score (nSPS) is 9.52. The van der Waals surface area contributed by atoms with Gasteiger partial charge < -0.3 is 15.4 Å². The molecule has 0 radical (unpaired) electrons. The van der Waals surface area contributed by atoms with Gasteiger partial charge in [0.1, 0.15) is 5.82 Å². The molecule has 0 spiro atoms. The molecular weight excluding hydrogens is 266 g/mol. The van der Waals surface area contributed by atoms with Crippen LogP contribution in [0.1, 0.15) is 45.6 Å². The van der Waals surface area contributed by atoms with E-state index in [0.29, 0.717) is 24.7 Å². The molecule has 0 aliphatic heterocycles. The molecule has 0 aliphatic carbocycles. The van der Waals surface area contributed by atoms with E-state index in [4.69, 9.17) is 4.74 Å². The first-order chi connectivity index (χ1) is 10.3. The van der Waals surface area contributed by atoms with Crippen molar-refractivity contribution in [3.8, 4) is 5.88 Å². The number of ether oxygens (including phenoxy) is 1. The molecule has 1 heterocycles. The fourth-order valence-electron chi connectivity index (χ4n) is 1.72. The predicted molar refractivity (Wildman–Crippen MR) is 87.9 cm³/mol. The Hall–Kier alpha value is -1.62. The second-order valence-electron chi connectivity index (χ2n) is 4.33. The van der Waals surface area contributed by atoms with E-state index in [2.05, 4.69) is 22.5 Å².